The van der Waals surface area contributed by atoms with Gasteiger partial charge in [-0.25, -0.2) is 4.79 Å². The third-order valence-electron chi connectivity index (χ3n) is 5.27. The summed E-state index contributed by atoms with van der Waals surface area (Å²) in [5, 5.41) is 12.4. The molecule has 2 N–H and O–H groups in total. The second-order valence-corrected chi connectivity index (χ2v) is 8.04. The molecule has 24 heavy (non-hydrogen) atoms. The number of carboxylic acids is 1. The Balaban J connectivity index is 1.92. The Labute approximate surface area is 143 Å². The molecule has 0 saturated heterocycles. The largest absolute Gasteiger partial charge is 0.478 e. The van der Waals surface area contributed by atoms with Gasteiger partial charge in [0.2, 0.25) is 0 Å². The van der Waals surface area contributed by atoms with Gasteiger partial charge in [-0.15, -0.1) is 0 Å². The van der Waals surface area contributed by atoms with Crippen LogP contribution in [0.15, 0.2) is 42.5 Å². The number of fused-ring (bicyclic) bond motifs is 1. The highest BCUT2D eigenvalue weighted by atomic mass is 16.4. The molecule has 0 aromatic heterocycles. The minimum atomic E-state index is -0.903. The van der Waals surface area contributed by atoms with Crippen molar-refractivity contribution >= 4 is 17.3 Å². The summed E-state index contributed by atoms with van der Waals surface area (Å²) in [5.74, 6) is -0.903. The lowest BCUT2D eigenvalue weighted by atomic mass is 9.63. The van der Waals surface area contributed by atoms with Crippen molar-refractivity contribution < 1.29 is 9.90 Å². The lowest BCUT2D eigenvalue weighted by molar-refractivity contribution is 0.0697. The maximum absolute atomic E-state index is 10.9. The molecule has 0 radical (unpaired) electrons. The fraction of sp³-hybridized carbons (Fsp3) is 0.381. The van der Waals surface area contributed by atoms with Gasteiger partial charge in [0.1, 0.15) is 0 Å². The Morgan fingerprint density at radius 2 is 1.42 bits per heavy atom. The first-order valence-electron chi connectivity index (χ1n) is 8.44. The monoisotopic (exact) mass is 323 g/mol. The van der Waals surface area contributed by atoms with E-state index in [0.717, 1.165) is 11.4 Å². The molecule has 3 nitrogen and oxygen atoms in total. The van der Waals surface area contributed by atoms with Crippen molar-refractivity contribution in [1.29, 1.82) is 0 Å². The molecule has 126 valence electrons. The van der Waals surface area contributed by atoms with Crippen LogP contribution in [0.2, 0.25) is 0 Å². The topological polar surface area (TPSA) is 49.3 Å². The molecule has 2 aromatic carbocycles. The van der Waals surface area contributed by atoms with Gasteiger partial charge in [0.25, 0.3) is 0 Å². The lowest BCUT2D eigenvalue weighted by Crippen LogP contribution is -2.33. The van der Waals surface area contributed by atoms with E-state index in [1.165, 1.54) is 24.0 Å². The number of anilines is 2. The second kappa shape index (κ2) is 5.66. The minimum absolute atomic E-state index is 0.176. The van der Waals surface area contributed by atoms with Crippen molar-refractivity contribution in [2.45, 2.75) is 51.4 Å². The van der Waals surface area contributed by atoms with E-state index >= 15 is 0 Å². The van der Waals surface area contributed by atoms with Crippen molar-refractivity contribution in [3.8, 4) is 0 Å². The first-order valence-corrected chi connectivity index (χ1v) is 8.44. The van der Waals surface area contributed by atoms with Gasteiger partial charge >= 0.3 is 5.97 Å². The van der Waals surface area contributed by atoms with Gasteiger partial charge in [-0.1, -0.05) is 33.8 Å². The highest BCUT2D eigenvalue weighted by molar-refractivity contribution is 5.88. The Morgan fingerprint density at radius 1 is 0.875 bits per heavy atom. The molecule has 1 aliphatic carbocycles. The number of carbonyl (C=O) groups is 1. The van der Waals surface area contributed by atoms with Gasteiger partial charge < -0.3 is 10.4 Å². The van der Waals surface area contributed by atoms with Crippen LogP contribution in [0.25, 0.3) is 0 Å². The SMILES string of the molecule is CC1(C)CCC(C)(C)c2cc(Nc3ccc(C(=O)O)cc3)ccc21. The van der Waals surface area contributed by atoms with Gasteiger partial charge in [0.05, 0.1) is 5.56 Å². The molecule has 2 aromatic rings. The average molecular weight is 323 g/mol. The van der Waals surface area contributed by atoms with Crippen LogP contribution >= 0.6 is 0 Å². The average Bonchev–Trinajstić information content (AvgIpc) is 2.52. The van der Waals surface area contributed by atoms with E-state index in [1.54, 1.807) is 24.3 Å². The number of hydrogen-bond donors (Lipinski definition) is 2. The van der Waals surface area contributed by atoms with Crippen molar-refractivity contribution in [1.82, 2.24) is 0 Å². The molecular weight excluding hydrogens is 298 g/mol. The highest BCUT2D eigenvalue weighted by Crippen LogP contribution is 2.46. The van der Waals surface area contributed by atoms with E-state index in [0.29, 0.717) is 5.56 Å². The summed E-state index contributed by atoms with van der Waals surface area (Å²) < 4.78 is 0. The number of rotatable bonds is 3. The Hall–Kier alpha value is -2.29. The Morgan fingerprint density at radius 3 is 2.00 bits per heavy atom. The molecule has 0 atom stereocenters. The summed E-state index contributed by atoms with van der Waals surface area (Å²) in [7, 11) is 0. The lowest BCUT2D eigenvalue weighted by Gasteiger charge is -2.42. The number of nitrogens with one attached hydrogen (secondary N) is 1. The summed E-state index contributed by atoms with van der Waals surface area (Å²) in [6.45, 7) is 9.26. The van der Waals surface area contributed by atoms with E-state index in [2.05, 4.69) is 51.2 Å². The first-order chi connectivity index (χ1) is 11.2. The normalized spacial score (nSPS) is 17.8. The van der Waals surface area contributed by atoms with Gasteiger partial charge in [0.15, 0.2) is 0 Å². The molecule has 3 heteroatoms. The fourth-order valence-corrected chi connectivity index (χ4v) is 3.53. The van der Waals surface area contributed by atoms with Crippen LogP contribution < -0.4 is 5.32 Å². The molecule has 0 heterocycles. The minimum Gasteiger partial charge on any atom is -0.478 e. The standard InChI is InChI=1S/C21H25NO2/c1-20(2)11-12-21(3,4)18-13-16(9-10-17(18)20)22-15-7-5-14(6-8-15)19(23)24/h5-10,13,22H,11-12H2,1-4H3,(H,23,24). The van der Waals surface area contributed by atoms with E-state index in [9.17, 15) is 4.79 Å². The van der Waals surface area contributed by atoms with Crippen molar-refractivity contribution in [2.75, 3.05) is 5.32 Å². The Kier molecular flexibility index (Phi) is 3.90. The van der Waals surface area contributed by atoms with Crippen molar-refractivity contribution in [3.63, 3.8) is 0 Å². The summed E-state index contributed by atoms with van der Waals surface area (Å²) in [6.07, 6.45) is 2.39. The molecule has 0 spiro atoms. The zero-order valence-electron chi connectivity index (χ0n) is 14.8. The van der Waals surface area contributed by atoms with E-state index in [-0.39, 0.29) is 10.8 Å². The van der Waals surface area contributed by atoms with E-state index in [4.69, 9.17) is 5.11 Å². The molecule has 0 aliphatic heterocycles. The summed E-state index contributed by atoms with van der Waals surface area (Å²) in [6, 6.07) is 13.5. The maximum atomic E-state index is 10.9. The van der Waals surface area contributed by atoms with Crippen LogP contribution in [-0.2, 0) is 10.8 Å². The van der Waals surface area contributed by atoms with Crippen molar-refractivity contribution in [2.24, 2.45) is 0 Å². The summed E-state index contributed by atoms with van der Waals surface area (Å²) >= 11 is 0. The van der Waals surface area contributed by atoms with Crippen LogP contribution in [-0.4, -0.2) is 11.1 Å². The Bertz CT molecular complexity index is 773. The number of aromatic carboxylic acids is 1. The summed E-state index contributed by atoms with van der Waals surface area (Å²) in [5.41, 5.74) is 5.48. The predicted octanol–water partition coefficient (Wildman–Crippen LogP) is 5.48. The van der Waals surface area contributed by atoms with E-state index < -0.39 is 5.97 Å². The summed E-state index contributed by atoms with van der Waals surface area (Å²) in [4.78, 5) is 10.9. The maximum Gasteiger partial charge on any atom is 0.335 e. The molecule has 0 unspecified atom stereocenters. The van der Waals surface area contributed by atoms with Crippen LogP contribution in [0, 0.1) is 0 Å². The highest BCUT2D eigenvalue weighted by Gasteiger charge is 2.36. The first kappa shape index (κ1) is 16.6. The van der Waals surface area contributed by atoms with Gasteiger partial charge in [0, 0.05) is 11.4 Å². The van der Waals surface area contributed by atoms with Crippen LogP contribution in [0.1, 0.15) is 62.0 Å². The fourth-order valence-electron chi connectivity index (χ4n) is 3.53. The van der Waals surface area contributed by atoms with E-state index in [1.807, 2.05) is 0 Å². The van der Waals surface area contributed by atoms with Gasteiger partial charge in [-0.3, -0.25) is 0 Å². The molecule has 0 saturated carbocycles. The quantitative estimate of drug-likeness (QED) is 0.786. The zero-order chi connectivity index (χ0) is 17.5. The third kappa shape index (κ3) is 3.03. The zero-order valence-corrected chi connectivity index (χ0v) is 14.8. The molecule has 1 aliphatic rings. The molecule has 0 bridgehead atoms. The molecular formula is C21H25NO2. The van der Waals surface area contributed by atoms with Crippen molar-refractivity contribution in [3.05, 3.63) is 59.2 Å². The van der Waals surface area contributed by atoms with Gasteiger partial charge in [-0.2, -0.15) is 0 Å². The molecule has 0 fully saturated rings. The number of carboxylic acid groups (broad SMARTS) is 1. The number of hydrogen-bond acceptors (Lipinski definition) is 2. The third-order valence-corrected chi connectivity index (χ3v) is 5.27. The van der Waals surface area contributed by atoms with Gasteiger partial charge in [-0.05, 0) is 71.2 Å². The number of benzene rings is 2. The van der Waals surface area contributed by atoms with Crippen LogP contribution in [0.4, 0.5) is 11.4 Å². The predicted molar refractivity (Wildman–Crippen MR) is 98.4 cm³/mol. The van der Waals surface area contributed by atoms with Crippen LogP contribution in [0.3, 0.4) is 0 Å². The van der Waals surface area contributed by atoms with Crippen LogP contribution in [0.5, 0.6) is 0 Å². The molecule has 0 amide bonds. The molecule has 3 rings (SSSR count). The smallest absolute Gasteiger partial charge is 0.335 e. The second-order valence-electron chi connectivity index (χ2n) is 8.04.